The molecule has 0 radical (unpaired) electrons. The van der Waals surface area contributed by atoms with E-state index in [1.807, 2.05) is 12.4 Å². The second kappa shape index (κ2) is 2.34. The number of hydrogen-bond acceptors (Lipinski definition) is 2. The summed E-state index contributed by atoms with van der Waals surface area (Å²) < 4.78 is 0. The van der Waals surface area contributed by atoms with Crippen LogP contribution in [-0.4, -0.2) is 21.9 Å². The van der Waals surface area contributed by atoms with Crippen molar-refractivity contribution in [3.63, 3.8) is 0 Å². The van der Waals surface area contributed by atoms with E-state index in [1.54, 1.807) is 0 Å². The first-order valence-corrected chi connectivity index (χ1v) is 3.93. The summed E-state index contributed by atoms with van der Waals surface area (Å²) in [6, 6.07) is 0. The lowest BCUT2D eigenvalue weighted by atomic mass is 10.0. The molecule has 3 nitrogen and oxygen atoms in total. The number of hydrogen-bond donors (Lipinski definition) is 2. The molecule has 0 unspecified atom stereocenters. The minimum atomic E-state index is 0.212. The van der Waals surface area contributed by atoms with E-state index in [9.17, 15) is 0 Å². The Morgan fingerprint density at radius 2 is 2.45 bits per heavy atom. The molecule has 0 atom stereocenters. The maximum absolute atomic E-state index is 9.02. The van der Waals surface area contributed by atoms with Crippen LogP contribution in [0.2, 0.25) is 0 Å². The van der Waals surface area contributed by atoms with Crippen molar-refractivity contribution in [2.45, 2.75) is 19.3 Å². The van der Waals surface area contributed by atoms with Crippen molar-refractivity contribution in [1.29, 1.82) is 0 Å². The second-order valence-electron chi connectivity index (χ2n) is 3.44. The smallest absolute Gasteiger partial charge is 0.0519 e. The van der Waals surface area contributed by atoms with Gasteiger partial charge in [0.2, 0.25) is 0 Å². The molecule has 1 aromatic heterocycles. The highest BCUT2D eigenvalue weighted by atomic mass is 16.3. The van der Waals surface area contributed by atoms with E-state index in [4.69, 9.17) is 5.11 Å². The molecule has 1 fully saturated rings. The Bertz CT molecular complexity index is 226. The Balaban J connectivity index is 2.01. The van der Waals surface area contributed by atoms with E-state index in [0.29, 0.717) is 6.61 Å². The fourth-order valence-corrected chi connectivity index (χ4v) is 1.37. The van der Waals surface area contributed by atoms with Gasteiger partial charge in [0, 0.05) is 12.8 Å². The van der Waals surface area contributed by atoms with Crippen LogP contribution < -0.4 is 0 Å². The third-order valence-electron chi connectivity index (χ3n) is 2.43. The number of aromatic amines is 1. The average Bonchev–Trinajstić information content (AvgIpc) is 2.59. The van der Waals surface area contributed by atoms with Crippen LogP contribution in [0.3, 0.4) is 0 Å². The van der Waals surface area contributed by atoms with E-state index in [2.05, 4.69) is 10.2 Å². The predicted molar refractivity (Wildman–Crippen MR) is 41.0 cm³/mol. The molecule has 11 heavy (non-hydrogen) atoms. The predicted octanol–water partition coefficient (Wildman–Crippen LogP) is 0.725. The zero-order valence-electron chi connectivity index (χ0n) is 6.38. The summed E-state index contributed by atoms with van der Waals surface area (Å²) in [5, 5.41) is 15.7. The minimum Gasteiger partial charge on any atom is -0.396 e. The van der Waals surface area contributed by atoms with E-state index < -0.39 is 0 Å². The lowest BCUT2D eigenvalue weighted by Crippen LogP contribution is -2.09. The van der Waals surface area contributed by atoms with Crippen LogP contribution in [0.5, 0.6) is 0 Å². The molecule has 1 aliphatic carbocycles. The second-order valence-corrected chi connectivity index (χ2v) is 3.44. The molecule has 0 amide bonds. The van der Waals surface area contributed by atoms with Gasteiger partial charge in [-0.3, -0.25) is 5.10 Å². The van der Waals surface area contributed by atoms with Gasteiger partial charge in [0.25, 0.3) is 0 Å². The van der Waals surface area contributed by atoms with Crippen molar-refractivity contribution in [1.82, 2.24) is 10.2 Å². The highest BCUT2D eigenvalue weighted by Crippen LogP contribution is 2.47. The average molecular weight is 152 g/mol. The molecule has 3 heteroatoms. The van der Waals surface area contributed by atoms with Crippen molar-refractivity contribution < 1.29 is 5.11 Å². The Labute approximate surface area is 65.4 Å². The minimum absolute atomic E-state index is 0.212. The fourth-order valence-electron chi connectivity index (χ4n) is 1.37. The molecular formula is C8H12N2O. The first-order valence-electron chi connectivity index (χ1n) is 3.93. The largest absolute Gasteiger partial charge is 0.396 e. The van der Waals surface area contributed by atoms with Gasteiger partial charge in [-0.1, -0.05) is 0 Å². The van der Waals surface area contributed by atoms with E-state index in [1.165, 1.54) is 5.56 Å². The summed E-state index contributed by atoms with van der Waals surface area (Å²) in [6.07, 6.45) is 7.02. The van der Waals surface area contributed by atoms with Crippen molar-refractivity contribution in [2.75, 3.05) is 6.61 Å². The number of aliphatic hydroxyl groups excluding tert-OH is 1. The number of nitrogens with zero attached hydrogens (tertiary/aromatic N) is 1. The molecule has 0 spiro atoms. The molecule has 1 heterocycles. The van der Waals surface area contributed by atoms with Gasteiger partial charge in [-0.25, -0.2) is 0 Å². The summed E-state index contributed by atoms with van der Waals surface area (Å²) in [6.45, 7) is 0.318. The zero-order chi connectivity index (χ0) is 7.73. The molecular weight excluding hydrogens is 140 g/mol. The summed E-state index contributed by atoms with van der Waals surface area (Å²) in [5.41, 5.74) is 1.42. The Morgan fingerprint density at radius 1 is 1.64 bits per heavy atom. The van der Waals surface area contributed by atoms with Gasteiger partial charge in [-0.05, 0) is 30.2 Å². The van der Waals surface area contributed by atoms with Crippen molar-refractivity contribution >= 4 is 0 Å². The molecule has 60 valence electrons. The highest BCUT2D eigenvalue weighted by Gasteiger charge is 2.41. The van der Waals surface area contributed by atoms with Crippen LogP contribution in [0.25, 0.3) is 0 Å². The zero-order valence-corrected chi connectivity index (χ0v) is 6.38. The topological polar surface area (TPSA) is 48.9 Å². The standard InChI is InChI=1S/C8H12N2O/c11-6-8(1-2-8)3-7-4-9-10-5-7/h4-5,11H,1-3,6H2,(H,9,10). The fraction of sp³-hybridized carbons (Fsp3) is 0.625. The van der Waals surface area contributed by atoms with Crippen molar-refractivity contribution in [2.24, 2.45) is 5.41 Å². The molecule has 0 bridgehead atoms. The van der Waals surface area contributed by atoms with Gasteiger partial charge >= 0.3 is 0 Å². The van der Waals surface area contributed by atoms with Crippen molar-refractivity contribution in [3.8, 4) is 0 Å². The molecule has 0 aliphatic heterocycles. The van der Waals surface area contributed by atoms with E-state index in [-0.39, 0.29) is 5.41 Å². The Morgan fingerprint density at radius 3 is 2.91 bits per heavy atom. The van der Waals surface area contributed by atoms with Crippen LogP contribution in [0.4, 0.5) is 0 Å². The highest BCUT2D eigenvalue weighted by molar-refractivity contribution is 5.10. The molecule has 0 aromatic carbocycles. The number of aromatic nitrogens is 2. The third kappa shape index (κ3) is 1.28. The van der Waals surface area contributed by atoms with Crippen LogP contribution in [-0.2, 0) is 6.42 Å². The maximum Gasteiger partial charge on any atom is 0.0519 e. The SMILES string of the molecule is OCC1(Cc2cn[nH]c2)CC1. The maximum atomic E-state index is 9.02. The van der Waals surface area contributed by atoms with E-state index in [0.717, 1.165) is 19.3 Å². The van der Waals surface area contributed by atoms with Gasteiger partial charge in [-0.2, -0.15) is 5.10 Å². The first-order chi connectivity index (χ1) is 5.35. The van der Waals surface area contributed by atoms with Gasteiger partial charge in [0.15, 0.2) is 0 Å². The lowest BCUT2D eigenvalue weighted by molar-refractivity contribution is 0.211. The van der Waals surface area contributed by atoms with Crippen LogP contribution >= 0.6 is 0 Å². The Kier molecular flexibility index (Phi) is 1.46. The monoisotopic (exact) mass is 152 g/mol. The normalized spacial score (nSPS) is 20.1. The molecule has 2 rings (SSSR count). The number of aliphatic hydroxyl groups is 1. The molecule has 1 aliphatic rings. The number of rotatable bonds is 3. The number of H-pyrrole nitrogens is 1. The lowest BCUT2D eigenvalue weighted by Gasteiger charge is -2.07. The van der Waals surface area contributed by atoms with Gasteiger partial charge in [-0.15, -0.1) is 0 Å². The van der Waals surface area contributed by atoms with Gasteiger partial charge < -0.3 is 5.11 Å². The van der Waals surface area contributed by atoms with Gasteiger partial charge in [0.05, 0.1) is 6.20 Å². The molecule has 1 saturated carbocycles. The quantitative estimate of drug-likeness (QED) is 0.670. The van der Waals surface area contributed by atoms with Crippen LogP contribution in [0.15, 0.2) is 12.4 Å². The first kappa shape index (κ1) is 6.85. The van der Waals surface area contributed by atoms with Gasteiger partial charge in [0.1, 0.15) is 0 Å². The number of nitrogens with one attached hydrogen (secondary N) is 1. The van der Waals surface area contributed by atoms with Crippen LogP contribution in [0, 0.1) is 5.41 Å². The summed E-state index contributed by atoms with van der Waals surface area (Å²) in [5.74, 6) is 0. The van der Waals surface area contributed by atoms with Crippen LogP contribution in [0.1, 0.15) is 18.4 Å². The van der Waals surface area contributed by atoms with E-state index >= 15 is 0 Å². The molecule has 2 N–H and O–H groups in total. The Hall–Kier alpha value is -0.830. The van der Waals surface area contributed by atoms with Crippen molar-refractivity contribution in [3.05, 3.63) is 18.0 Å². The summed E-state index contributed by atoms with van der Waals surface area (Å²) in [4.78, 5) is 0. The summed E-state index contributed by atoms with van der Waals surface area (Å²) in [7, 11) is 0. The molecule has 1 aromatic rings. The third-order valence-corrected chi connectivity index (χ3v) is 2.43. The summed E-state index contributed by atoms with van der Waals surface area (Å²) >= 11 is 0. The molecule has 0 saturated heterocycles.